The molecule has 0 radical (unpaired) electrons. The molecular formula is C21H23ClN4O9S. The molecule has 3 saturated heterocycles. The summed E-state index contributed by atoms with van der Waals surface area (Å²) in [6.45, 7) is 1.52. The van der Waals surface area contributed by atoms with Crippen molar-refractivity contribution < 1.29 is 42.9 Å². The van der Waals surface area contributed by atoms with Gasteiger partial charge in [-0.2, -0.15) is 5.10 Å². The number of nitrogens with one attached hydrogen (secondary N) is 1. The van der Waals surface area contributed by atoms with Crippen molar-refractivity contribution in [2.45, 2.75) is 42.3 Å². The van der Waals surface area contributed by atoms with Gasteiger partial charge in [-0.1, -0.05) is 11.6 Å². The number of hydrogen-bond donors (Lipinski definition) is 4. The van der Waals surface area contributed by atoms with Crippen LogP contribution >= 0.6 is 11.6 Å². The molecule has 0 aromatic heterocycles. The number of aliphatic carboxylic acids is 1. The van der Waals surface area contributed by atoms with Crippen LogP contribution in [-0.4, -0.2) is 92.7 Å². The summed E-state index contributed by atoms with van der Waals surface area (Å²) in [6.07, 6.45) is 1.07. The van der Waals surface area contributed by atoms with Gasteiger partial charge in [-0.25, -0.2) is 18.6 Å². The Labute approximate surface area is 210 Å². The van der Waals surface area contributed by atoms with Crippen LogP contribution in [0.5, 0.6) is 11.5 Å². The number of β-lactam (4-membered cyclic amide) rings is 1. The lowest BCUT2D eigenvalue weighted by Gasteiger charge is -2.35. The molecule has 3 fully saturated rings. The monoisotopic (exact) mass is 542 g/mol. The Morgan fingerprint density at radius 1 is 1.22 bits per heavy atom. The van der Waals surface area contributed by atoms with Crippen LogP contribution < -0.4 is 5.43 Å². The predicted octanol–water partition coefficient (Wildman–Crippen LogP) is -0.0959. The number of aromatic hydroxyl groups is 2. The maximum atomic E-state index is 12.9. The van der Waals surface area contributed by atoms with Gasteiger partial charge in [0.1, 0.15) is 10.1 Å². The number of likely N-dealkylation sites (tertiary alicyclic amines) is 1. The molecule has 1 aromatic carbocycles. The molecule has 1 aromatic rings. The predicted molar refractivity (Wildman–Crippen MR) is 124 cm³/mol. The molecular weight excluding hydrogens is 520 g/mol. The molecule has 3 heterocycles. The highest BCUT2D eigenvalue weighted by Crippen LogP contribution is 2.45. The number of carboxylic acid groups (broad SMARTS) is 1. The summed E-state index contributed by atoms with van der Waals surface area (Å²) in [5.74, 6) is -4.71. The van der Waals surface area contributed by atoms with E-state index in [4.69, 9.17) is 11.6 Å². The standard InChI is InChI=1S/C21H23ClN4O9S/c1-21(17(20(32)33)26-13(28)8-14(26)36(21,34)35)9-23-24-18(30)10-4-6-25(7-5-10)19(31)11-2-3-12(27)16(29)15(11)22/h2-3,9-10,14,17,27,29H,4-8H2,1H3,(H,24,30)(H,32,33)/b23-9+/t14-,17+,21+/m1/s1. The zero-order chi connectivity index (χ0) is 26.6. The Bertz CT molecular complexity index is 1290. The zero-order valence-corrected chi connectivity index (χ0v) is 20.5. The van der Waals surface area contributed by atoms with Crippen LogP contribution in [0, 0.1) is 5.92 Å². The Hall–Kier alpha value is -3.39. The minimum absolute atomic E-state index is 0.00153. The normalized spacial score (nSPS) is 27.6. The first kappa shape index (κ1) is 25.7. The summed E-state index contributed by atoms with van der Waals surface area (Å²) < 4.78 is 23.7. The quantitative estimate of drug-likeness (QED) is 0.170. The summed E-state index contributed by atoms with van der Waals surface area (Å²) in [5, 5.41) is 31.0. The fourth-order valence-electron chi connectivity index (χ4n) is 4.75. The van der Waals surface area contributed by atoms with Gasteiger partial charge in [-0.3, -0.25) is 14.4 Å². The van der Waals surface area contributed by atoms with Crippen molar-refractivity contribution in [3.8, 4) is 11.5 Å². The molecule has 0 spiro atoms. The third-order valence-corrected chi connectivity index (χ3v) is 10.00. The van der Waals surface area contributed by atoms with Crippen LogP contribution in [0.25, 0.3) is 0 Å². The van der Waals surface area contributed by atoms with E-state index in [1.165, 1.54) is 11.0 Å². The summed E-state index contributed by atoms with van der Waals surface area (Å²) in [4.78, 5) is 51.2. The molecule has 13 nitrogen and oxygen atoms in total. The van der Waals surface area contributed by atoms with Gasteiger partial charge < -0.3 is 25.1 Å². The number of amides is 3. The lowest BCUT2D eigenvalue weighted by Crippen LogP contribution is -2.57. The van der Waals surface area contributed by atoms with Crippen molar-refractivity contribution in [1.29, 1.82) is 0 Å². The summed E-state index contributed by atoms with van der Waals surface area (Å²) in [6, 6.07) is 0.770. The van der Waals surface area contributed by atoms with E-state index in [9.17, 15) is 42.9 Å². The van der Waals surface area contributed by atoms with Gasteiger partial charge in [-0.05, 0) is 31.9 Å². The van der Waals surface area contributed by atoms with Gasteiger partial charge in [0.15, 0.2) is 27.4 Å². The SMILES string of the molecule is C[C@]1(/C=N/NC(=O)C2CCN(C(=O)c3ccc(O)c(O)c3Cl)CC2)[C@H](C(=O)O)N2C(=O)C[C@H]2S1(=O)=O. The number of phenols is 2. The van der Waals surface area contributed by atoms with Crippen molar-refractivity contribution in [3.63, 3.8) is 0 Å². The van der Waals surface area contributed by atoms with E-state index in [0.29, 0.717) is 0 Å². The lowest BCUT2D eigenvalue weighted by atomic mass is 9.95. The molecule has 3 aliphatic heterocycles. The second-order valence-electron chi connectivity index (χ2n) is 9.02. The van der Waals surface area contributed by atoms with Crippen LogP contribution in [0.3, 0.4) is 0 Å². The Balaban J connectivity index is 1.38. The van der Waals surface area contributed by atoms with Gasteiger partial charge in [0.25, 0.3) is 5.91 Å². The average Bonchev–Trinajstić information content (AvgIpc) is 2.97. The Morgan fingerprint density at radius 3 is 2.44 bits per heavy atom. The second-order valence-corrected chi connectivity index (χ2v) is 11.9. The maximum absolute atomic E-state index is 12.9. The number of hydrazone groups is 1. The third kappa shape index (κ3) is 3.84. The fraction of sp³-hybridized carbons (Fsp3) is 0.476. The van der Waals surface area contributed by atoms with Crippen LogP contribution in [0.2, 0.25) is 5.02 Å². The Morgan fingerprint density at radius 2 is 1.86 bits per heavy atom. The highest BCUT2D eigenvalue weighted by molar-refractivity contribution is 7.94. The van der Waals surface area contributed by atoms with Gasteiger partial charge in [0, 0.05) is 25.2 Å². The van der Waals surface area contributed by atoms with E-state index in [0.717, 1.165) is 24.1 Å². The number of phenolic OH excluding ortho intramolecular Hbond substituents is 2. The zero-order valence-electron chi connectivity index (χ0n) is 18.9. The van der Waals surface area contributed by atoms with Gasteiger partial charge in [0.2, 0.25) is 11.8 Å². The highest BCUT2D eigenvalue weighted by Gasteiger charge is 2.69. The molecule has 15 heteroatoms. The number of carbonyl (C=O) groups is 4. The van der Waals surface area contributed by atoms with E-state index in [1.54, 1.807) is 0 Å². The molecule has 0 saturated carbocycles. The molecule has 0 bridgehead atoms. The number of sulfone groups is 1. The van der Waals surface area contributed by atoms with Crippen molar-refractivity contribution in [1.82, 2.24) is 15.2 Å². The number of hydrogen-bond acceptors (Lipinski definition) is 9. The average molecular weight is 543 g/mol. The van der Waals surface area contributed by atoms with Crippen molar-refractivity contribution >= 4 is 51.3 Å². The largest absolute Gasteiger partial charge is 0.504 e. The van der Waals surface area contributed by atoms with E-state index >= 15 is 0 Å². The van der Waals surface area contributed by atoms with E-state index in [1.807, 2.05) is 0 Å². The number of halogens is 1. The van der Waals surface area contributed by atoms with Crippen LogP contribution in [0.4, 0.5) is 0 Å². The Kier molecular flexibility index (Phi) is 6.37. The number of carbonyl (C=O) groups excluding carboxylic acids is 3. The molecule has 0 aliphatic carbocycles. The van der Waals surface area contributed by atoms with E-state index in [2.05, 4.69) is 10.5 Å². The first-order valence-corrected chi connectivity index (χ1v) is 12.8. The summed E-state index contributed by atoms with van der Waals surface area (Å²) in [7, 11) is -4.09. The molecule has 4 rings (SSSR count). The van der Waals surface area contributed by atoms with Crippen LogP contribution in [0.15, 0.2) is 17.2 Å². The number of fused-ring (bicyclic) bond motifs is 1. The second kappa shape index (κ2) is 8.92. The van der Waals surface area contributed by atoms with Gasteiger partial charge in [0.05, 0.1) is 17.0 Å². The molecule has 36 heavy (non-hydrogen) atoms. The molecule has 194 valence electrons. The first-order chi connectivity index (χ1) is 16.8. The number of benzene rings is 1. The minimum Gasteiger partial charge on any atom is -0.504 e. The fourth-order valence-corrected chi connectivity index (χ4v) is 7.21. The van der Waals surface area contributed by atoms with Crippen molar-refractivity contribution in [3.05, 3.63) is 22.7 Å². The maximum Gasteiger partial charge on any atom is 0.328 e. The lowest BCUT2D eigenvalue weighted by molar-refractivity contribution is -0.156. The smallest absolute Gasteiger partial charge is 0.328 e. The molecule has 0 unspecified atom stereocenters. The topological polar surface area (TPSA) is 194 Å². The molecule has 3 atom stereocenters. The summed E-state index contributed by atoms with van der Waals surface area (Å²) >= 11 is 5.96. The number of nitrogens with zero attached hydrogens (tertiary/aromatic N) is 3. The first-order valence-electron chi connectivity index (χ1n) is 10.9. The molecule has 4 N–H and O–H groups in total. The third-order valence-electron chi connectivity index (χ3n) is 6.95. The number of piperidine rings is 1. The number of carboxylic acids is 1. The van der Waals surface area contributed by atoms with Crippen molar-refractivity contribution in [2.24, 2.45) is 11.0 Å². The molecule has 3 aliphatic rings. The highest BCUT2D eigenvalue weighted by atomic mass is 35.5. The molecule has 3 amide bonds. The minimum atomic E-state index is -4.09. The van der Waals surface area contributed by atoms with Crippen LogP contribution in [0.1, 0.15) is 36.5 Å². The van der Waals surface area contributed by atoms with E-state index in [-0.39, 0.29) is 42.9 Å². The van der Waals surface area contributed by atoms with E-state index < -0.39 is 67.1 Å². The number of rotatable bonds is 5. The van der Waals surface area contributed by atoms with Gasteiger partial charge in [-0.15, -0.1) is 0 Å². The van der Waals surface area contributed by atoms with Crippen molar-refractivity contribution in [2.75, 3.05) is 13.1 Å². The van der Waals surface area contributed by atoms with Crippen LogP contribution in [-0.2, 0) is 24.2 Å². The van der Waals surface area contributed by atoms with Gasteiger partial charge >= 0.3 is 5.97 Å². The summed E-state index contributed by atoms with van der Waals surface area (Å²) in [5.41, 5.74) is 2.25.